The summed E-state index contributed by atoms with van der Waals surface area (Å²) in [7, 11) is 0. The molecule has 0 saturated carbocycles. The van der Waals surface area contributed by atoms with E-state index in [1.165, 1.54) is 51.4 Å². The number of carbonyl (C=O) groups is 1. The molecule has 0 amide bonds. The molecule has 0 aromatic heterocycles. The van der Waals surface area contributed by atoms with E-state index in [4.69, 9.17) is 5.11 Å². The van der Waals surface area contributed by atoms with Crippen molar-refractivity contribution in [3.8, 4) is 0 Å². The summed E-state index contributed by atoms with van der Waals surface area (Å²) in [6, 6.07) is 0. The molecule has 0 rings (SSSR count). The van der Waals surface area contributed by atoms with Gasteiger partial charge in [0.05, 0.1) is 0 Å². The Labute approximate surface area is 159 Å². The molecule has 0 aliphatic carbocycles. The number of carboxylic acid groups (broad SMARTS) is 1. The Balaban J connectivity index is 0. The zero-order valence-electron chi connectivity index (χ0n) is 10.1. The first kappa shape index (κ1) is 19.9. The molecular weight excluding hydrogens is 321 g/mol. The summed E-state index contributed by atoms with van der Waals surface area (Å²) in [5, 5.41) is 8.44. The van der Waals surface area contributed by atoms with E-state index in [2.05, 4.69) is 6.92 Å². The molecule has 0 atom stereocenters. The third kappa shape index (κ3) is 17.9. The monoisotopic (exact) mass is 348 g/mol. The van der Waals surface area contributed by atoms with Crippen LogP contribution >= 0.6 is 0 Å². The number of carboxylic acids is 1. The van der Waals surface area contributed by atoms with Crippen molar-refractivity contribution in [2.45, 2.75) is 77.6 Å². The number of hydrogen-bond donors (Lipinski definition) is 1. The summed E-state index contributed by atoms with van der Waals surface area (Å²) in [4.78, 5) is 10.2. The number of hydrogen-bond acceptors (Lipinski definition) is 1. The van der Waals surface area contributed by atoms with Gasteiger partial charge in [-0.1, -0.05) is 64.7 Å². The molecule has 0 aromatic rings. The van der Waals surface area contributed by atoms with Gasteiger partial charge in [0, 0.05) is 6.42 Å². The summed E-state index contributed by atoms with van der Waals surface area (Å²) in [5.74, 6) is -0.658. The fraction of sp³-hybridized carbons (Fsp3) is 0.923. The van der Waals surface area contributed by atoms with Crippen molar-refractivity contribution in [3.05, 3.63) is 0 Å². The Bertz CT molecular complexity index is 149. The molecule has 0 aliphatic rings. The van der Waals surface area contributed by atoms with Gasteiger partial charge in [-0.25, -0.2) is 0 Å². The molecule has 0 fully saturated rings. The Morgan fingerprint density at radius 3 is 1.56 bits per heavy atom. The van der Waals surface area contributed by atoms with Crippen LogP contribution in [0.15, 0.2) is 0 Å². The first-order chi connectivity index (χ1) is 7.27. The molecule has 0 spiro atoms. The molecule has 0 bridgehead atoms. The van der Waals surface area contributed by atoms with Gasteiger partial charge in [0.2, 0.25) is 0 Å². The second kappa shape index (κ2) is 16.5. The number of rotatable bonds is 11. The zero-order valence-corrected chi connectivity index (χ0v) is 10.1. The van der Waals surface area contributed by atoms with Crippen molar-refractivity contribution in [2.24, 2.45) is 0 Å². The van der Waals surface area contributed by atoms with Gasteiger partial charge in [-0.05, 0) is 6.42 Å². The Kier molecular flexibility index (Phi) is 20.5. The molecule has 1 N–H and O–H groups in total. The van der Waals surface area contributed by atoms with Gasteiger partial charge in [-0.15, -0.1) is 0 Å². The Morgan fingerprint density at radius 1 is 0.812 bits per heavy atom. The Hall–Kier alpha value is 1.52. The number of unbranched alkanes of at least 4 members (excludes halogenated alkanes) is 9. The fourth-order valence-corrected chi connectivity index (χ4v) is 1.76. The maximum atomic E-state index is 10.2. The third-order valence-electron chi connectivity index (χ3n) is 2.74. The van der Waals surface area contributed by atoms with Crippen molar-refractivity contribution in [1.82, 2.24) is 0 Å². The molecule has 0 saturated heterocycles. The quantitative estimate of drug-likeness (QED) is 0.578. The summed E-state index contributed by atoms with van der Waals surface area (Å²) < 4.78 is 0. The Morgan fingerprint density at radius 2 is 1.19 bits per heavy atom. The molecule has 92 valence electrons. The van der Waals surface area contributed by atoms with Crippen molar-refractivity contribution >= 4 is 74.9 Å². The fourth-order valence-electron chi connectivity index (χ4n) is 1.76. The van der Waals surface area contributed by atoms with Crippen LogP contribution < -0.4 is 0 Å². The average molecular weight is 348 g/mol. The molecule has 0 aromatic carbocycles. The molecule has 16 heavy (non-hydrogen) atoms. The van der Waals surface area contributed by atoms with Gasteiger partial charge < -0.3 is 5.11 Å². The van der Waals surface area contributed by atoms with Crippen LogP contribution in [0.5, 0.6) is 0 Å². The second-order valence-electron chi connectivity index (χ2n) is 4.33. The van der Waals surface area contributed by atoms with E-state index in [0.29, 0.717) is 6.42 Å². The van der Waals surface area contributed by atoms with Gasteiger partial charge in [0.1, 0.15) is 0 Å². The van der Waals surface area contributed by atoms with Crippen LogP contribution in [-0.4, -0.2) is 80.0 Å². The van der Waals surface area contributed by atoms with Crippen molar-refractivity contribution < 1.29 is 9.90 Å². The molecule has 3 heteroatoms. The number of aliphatic carboxylic acids is 1. The van der Waals surface area contributed by atoms with Gasteiger partial charge in [0.25, 0.3) is 0 Å². The van der Waals surface area contributed by atoms with E-state index >= 15 is 0 Å². The van der Waals surface area contributed by atoms with Crippen LogP contribution in [0.4, 0.5) is 0 Å². The minimum atomic E-state index is -0.658. The standard InChI is InChI=1S/C13H26O2.Cs.H/c1-2-3-4-5-6-7-8-9-10-11-12-13(14)15;;/h2-12H2,1H3,(H,14,15);;. The molecule has 0 aliphatic heterocycles. The molecule has 0 unspecified atom stereocenters. The maximum absolute atomic E-state index is 10.2. The third-order valence-corrected chi connectivity index (χ3v) is 2.74. The normalized spacial score (nSPS) is 9.81. The van der Waals surface area contributed by atoms with Crippen LogP contribution in [0.25, 0.3) is 0 Å². The summed E-state index contributed by atoms with van der Waals surface area (Å²) in [5.41, 5.74) is 0. The van der Waals surface area contributed by atoms with E-state index in [0.717, 1.165) is 12.8 Å². The summed E-state index contributed by atoms with van der Waals surface area (Å²) in [6.07, 6.45) is 12.9. The zero-order chi connectivity index (χ0) is 11.4. The van der Waals surface area contributed by atoms with Crippen LogP contribution in [-0.2, 0) is 4.79 Å². The van der Waals surface area contributed by atoms with Gasteiger partial charge in [-0.2, -0.15) is 0 Å². The topological polar surface area (TPSA) is 37.3 Å². The average Bonchev–Trinajstić information content (AvgIpc) is 2.20. The van der Waals surface area contributed by atoms with Gasteiger partial charge >= 0.3 is 74.9 Å². The van der Waals surface area contributed by atoms with E-state index < -0.39 is 5.97 Å². The SMILES string of the molecule is CCCCCCCCCCCCC(=O)O.[CsH]. The predicted octanol–water partition coefficient (Wildman–Crippen LogP) is 3.73. The predicted molar refractivity (Wildman–Crippen MR) is 71.2 cm³/mol. The van der Waals surface area contributed by atoms with Gasteiger partial charge in [-0.3, -0.25) is 4.79 Å². The first-order valence-corrected chi connectivity index (χ1v) is 6.49. The molecule has 0 heterocycles. The van der Waals surface area contributed by atoms with Gasteiger partial charge in [0.15, 0.2) is 0 Å². The van der Waals surface area contributed by atoms with E-state index in [1.54, 1.807) is 0 Å². The van der Waals surface area contributed by atoms with Crippen LogP contribution in [0.3, 0.4) is 0 Å². The van der Waals surface area contributed by atoms with E-state index in [-0.39, 0.29) is 68.9 Å². The van der Waals surface area contributed by atoms with Crippen LogP contribution in [0, 0.1) is 0 Å². The molecular formula is C13H27CsO2. The van der Waals surface area contributed by atoms with Crippen molar-refractivity contribution in [1.29, 1.82) is 0 Å². The van der Waals surface area contributed by atoms with Crippen LogP contribution in [0.2, 0.25) is 0 Å². The first-order valence-electron chi connectivity index (χ1n) is 6.49. The summed E-state index contributed by atoms with van der Waals surface area (Å²) in [6.45, 7) is 2.24. The van der Waals surface area contributed by atoms with E-state index in [1.807, 2.05) is 0 Å². The van der Waals surface area contributed by atoms with E-state index in [9.17, 15) is 4.79 Å². The van der Waals surface area contributed by atoms with Crippen molar-refractivity contribution in [3.63, 3.8) is 0 Å². The minimum absolute atomic E-state index is 0. The summed E-state index contributed by atoms with van der Waals surface area (Å²) >= 11 is 0. The molecule has 2 nitrogen and oxygen atoms in total. The van der Waals surface area contributed by atoms with Crippen molar-refractivity contribution in [2.75, 3.05) is 0 Å². The molecule has 0 radical (unpaired) electrons. The van der Waals surface area contributed by atoms with Crippen LogP contribution in [0.1, 0.15) is 77.6 Å². The second-order valence-corrected chi connectivity index (χ2v) is 4.33.